The molecule has 0 aliphatic carbocycles. The summed E-state index contributed by atoms with van der Waals surface area (Å²) in [5.41, 5.74) is 2.51. The van der Waals surface area contributed by atoms with E-state index in [4.69, 9.17) is 9.47 Å². The molecule has 134 valence electrons. The smallest absolute Gasteiger partial charge is 0.255 e. The Balaban J connectivity index is 2.30. The van der Waals surface area contributed by atoms with Crippen LogP contribution in [-0.4, -0.2) is 19.1 Å². The van der Waals surface area contributed by atoms with Crippen LogP contribution in [-0.2, 0) is 6.42 Å². The zero-order chi connectivity index (χ0) is 18.2. The van der Waals surface area contributed by atoms with Crippen molar-refractivity contribution in [2.75, 3.05) is 18.5 Å². The van der Waals surface area contributed by atoms with E-state index in [0.717, 1.165) is 27.7 Å². The number of hydrogen-bond acceptors (Lipinski definition) is 3. The van der Waals surface area contributed by atoms with E-state index in [1.807, 2.05) is 37.3 Å². The Hall–Kier alpha value is -1.76. The molecule has 0 fully saturated rings. The Bertz CT molecular complexity index is 731. The maximum Gasteiger partial charge on any atom is 0.255 e. The SMILES string of the molecule is CCCOc1c(I)cc(C(=O)Nc2ccccc2CC)cc1OCC. The van der Waals surface area contributed by atoms with Crippen molar-refractivity contribution >= 4 is 34.2 Å². The van der Waals surface area contributed by atoms with Crippen molar-refractivity contribution in [1.82, 2.24) is 0 Å². The number of aryl methyl sites for hydroxylation is 1. The van der Waals surface area contributed by atoms with Crippen LogP contribution in [0.3, 0.4) is 0 Å². The van der Waals surface area contributed by atoms with Gasteiger partial charge in [-0.3, -0.25) is 4.79 Å². The van der Waals surface area contributed by atoms with Crippen LogP contribution < -0.4 is 14.8 Å². The molecule has 0 bridgehead atoms. The first-order valence-corrected chi connectivity index (χ1v) is 9.66. The van der Waals surface area contributed by atoms with E-state index < -0.39 is 0 Å². The number of anilines is 1. The number of hydrogen-bond donors (Lipinski definition) is 1. The van der Waals surface area contributed by atoms with E-state index in [1.165, 1.54) is 0 Å². The van der Waals surface area contributed by atoms with Crippen LogP contribution >= 0.6 is 22.6 Å². The molecule has 5 heteroatoms. The van der Waals surface area contributed by atoms with Gasteiger partial charge >= 0.3 is 0 Å². The van der Waals surface area contributed by atoms with Crippen molar-refractivity contribution in [3.8, 4) is 11.5 Å². The Kier molecular flexibility index (Phi) is 7.55. The van der Waals surface area contributed by atoms with Crippen LogP contribution in [0, 0.1) is 3.57 Å². The Morgan fingerprint density at radius 1 is 1.12 bits per heavy atom. The lowest BCUT2D eigenvalue weighted by molar-refractivity contribution is 0.102. The Morgan fingerprint density at radius 2 is 1.88 bits per heavy atom. The highest BCUT2D eigenvalue weighted by Gasteiger charge is 2.16. The number of carbonyl (C=O) groups excluding carboxylic acids is 1. The van der Waals surface area contributed by atoms with E-state index in [1.54, 1.807) is 6.07 Å². The van der Waals surface area contributed by atoms with Crippen LogP contribution in [0.25, 0.3) is 0 Å². The van der Waals surface area contributed by atoms with Gasteiger partial charge in [0.2, 0.25) is 0 Å². The molecule has 0 saturated heterocycles. The highest BCUT2D eigenvalue weighted by Crippen LogP contribution is 2.34. The minimum atomic E-state index is -0.151. The first-order valence-electron chi connectivity index (χ1n) is 8.59. The third kappa shape index (κ3) is 5.11. The Morgan fingerprint density at radius 3 is 2.56 bits per heavy atom. The summed E-state index contributed by atoms with van der Waals surface area (Å²) < 4.78 is 12.4. The van der Waals surface area contributed by atoms with E-state index in [0.29, 0.717) is 30.3 Å². The summed E-state index contributed by atoms with van der Waals surface area (Å²) in [4.78, 5) is 12.7. The molecule has 25 heavy (non-hydrogen) atoms. The first kappa shape index (κ1) is 19.6. The number of benzene rings is 2. The van der Waals surface area contributed by atoms with Gasteiger partial charge in [-0.25, -0.2) is 0 Å². The van der Waals surface area contributed by atoms with E-state index in [-0.39, 0.29) is 5.91 Å². The molecule has 0 aliphatic rings. The van der Waals surface area contributed by atoms with Gasteiger partial charge in [0.05, 0.1) is 16.8 Å². The van der Waals surface area contributed by atoms with Gasteiger partial charge in [-0.2, -0.15) is 0 Å². The maximum atomic E-state index is 12.7. The average molecular weight is 453 g/mol. The summed E-state index contributed by atoms with van der Waals surface area (Å²) in [5.74, 6) is 1.16. The lowest BCUT2D eigenvalue weighted by atomic mass is 10.1. The van der Waals surface area contributed by atoms with Gasteiger partial charge in [0.15, 0.2) is 11.5 Å². The predicted octanol–water partition coefficient (Wildman–Crippen LogP) is 5.29. The van der Waals surface area contributed by atoms with Crippen LogP contribution in [0.15, 0.2) is 36.4 Å². The molecule has 4 nitrogen and oxygen atoms in total. The highest BCUT2D eigenvalue weighted by atomic mass is 127. The molecule has 0 aromatic heterocycles. The Labute approximate surface area is 163 Å². The summed E-state index contributed by atoms with van der Waals surface area (Å²) in [6.07, 6.45) is 1.78. The molecule has 0 saturated carbocycles. The largest absolute Gasteiger partial charge is 0.490 e. The summed E-state index contributed by atoms with van der Waals surface area (Å²) in [6, 6.07) is 11.4. The molecular weight excluding hydrogens is 429 g/mol. The van der Waals surface area contributed by atoms with Crippen LogP contribution in [0.4, 0.5) is 5.69 Å². The average Bonchev–Trinajstić information content (AvgIpc) is 2.61. The molecule has 2 rings (SSSR count). The van der Waals surface area contributed by atoms with Crippen molar-refractivity contribution < 1.29 is 14.3 Å². The van der Waals surface area contributed by atoms with Gasteiger partial charge in [0, 0.05) is 11.3 Å². The lowest BCUT2D eigenvalue weighted by Gasteiger charge is -2.15. The zero-order valence-electron chi connectivity index (χ0n) is 14.9. The molecule has 0 heterocycles. The van der Waals surface area contributed by atoms with E-state index >= 15 is 0 Å². The summed E-state index contributed by atoms with van der Waals surface area (Å²) in [7, 11) is 0. The zero-order valence-corrected chi connectivity index (χ0v) is 17.1. The number of ether oxygens (including phenoxy) is 2. The highest BCUT2D eigenvalue weighted by molar-refractivity contribution is 14.1. The first-order chi connectivity index (χ1) is 12.1. The third-order valence-corrected chi connectivity index (χ3v) is 4.47. The fraction of sp³-hybridized carbons (Fsp3) is 0.350. The minimum Gasteiger partial charge on any atom is -0.490 e. The van der Waals surface area contributed by atoms with Gasteiger partial charge in [-0.15, -0.1) is 0 Å². The fourth-order valence-corrected chi connectivity index (χ4v) is 3.21. The molecule has 0 radical (unpaired) electrons. The maximum absolute atomic E-state index is 12.7. The number of halogens is 1. The van der Waals surface area contributed by atoms with Crippen molar-refractivity contribution in [3.05, 3.63) is 51.1 Å². The molecule has 2 aromatic rings. The van der Waals surface area contributed by atoms with Crippen LogP contribution in [0.2, 0.25) is 0 Å². The van der Waals surface area contributed by atoms with Gasteiger partial charge in [-0.1, -0.05) is 32.0 Å². The molecular formula is C20H24INO3. The lowest BCUT2D eigenvalue weighted by Crippen LogP contribution is -2.14. The van der Waals surface area contributed by atoms with Gasteiger partial charge in [0.1, 0.15) is 0 Å². The second-order valence-electron chi connectivity index (χ2n) is 5.53. The van der Waals surface area contributed by atoms with Crippen LogP contribution in [0.1, 0.15) is 43.1 Å². The second kappa shape index (κ2) is 9.65. The normalized spacial score (nSPS) is 10.4. The number of rotatable bonds is 8. The molecule has 1 amide bonds. The van der Waals surface area contributed by atoms with E-state index in [9.17, 15) is 4.79 Å². The summed E-state index contributed by atoms with van der Waals surface area (Å²) in [6.45, 7) is 7.18. The summed E-state index contributed by atoms with van der Waals surface area (Å²) >= 11 is 2.18. The topological polar surface area (TPSA) is 47.6 Å². The minimum absolute atomic E-state index is 0.151. The standard InChI is InChI=1S/C20H24INO3/c1-4-11-25-19-16(21)12-15(13-18(19)24-6-3)20(23)22-17-10-8-7-9-14(17)5-2/h7-10,12-13H,4-6,11H2,1-3H3,(H,22,23). The van der Waals surface area contributed by atoms with Gasteiger partial charge < -0.3 is 14.8 Å². The van der Waals surface area contributed by atoms with Gasteiger partial charge in [0.25, 0.3) is 5.91 Å². The van der Waals surface area contributed by atoms with Crippen molar-refractivity contribution in [2.24, 2.45) is 0 Å². The quantitative estimate of drug-likeness (QED) is 0.553. The number of para-hydroxylation sites is 1. The molecule has 2 aromatic carbocycles. The predicted molar refractivity (Wildman–Crippen MR) is 110 cm³/mol. The van der Waals surface area contributed by atoms with Gasteiger partial charge in [-0.05, 0) is 66.1 Å². The van der Waals surface area contributed by atoms with E-state index in [2.05, 4.69) is 41.8 Å². The number of amides is 1. The third-order valence-electron chi connectivity index (χ3n) is 3.67. The molecule has 1 N–H and O–H groups in total. The second-order valence-corrected chi connectivity index (χ2v) is 6.69. The molecule has 0 spiro atoms. The van der Waals surface area contributed by atoms with Crippen LogP contribution in [0.5, 0.6) is 11.5 Å². The van der Waals surface area contributed by atoms with Crippen molar-refractivity contribution in [3.63, 3.8) is 0 Å². The molecule has 0 unspecified atom stereocenters. The molecule has 0 aliphatic heterocycles. The fourth-order valence-electron chi connectivity index (χ4n) is 2.45. The number of carbonyl (C=O) groups is 1. The van der Waals surface area contributed by atoms with Crippen molar-refractivity contribution in [2.45, 2.75) is 33.6 Å². The number of nitrogens with one attached hydrogen (secondary N) is 1. The summed E-state index contributed by atoms with van der Waals surface area (Å²) in [5, 5.41) is 3.00. The monoisotopic (exact) mass is 453 g/mol. The van der Waals surface area contributed by atoms with Crippen molar-refractivity contribution in [1.29, 1.82) is 0 Å². The molecule has 0 atom stereocenters.